The molecular weight excluding hydrogens is 436 g/mol. The fourth-order valence-electron chi connectivity index (χ4n) is 3.78. The summed E-state index contributed by atoms with van der Waals surface area (Å²) in [6.07, 6.45) is 4.77. The van der Waals surface area contributed by atoms with Crippen LogP contribution >= 0.6 is 0 Å². The second kappa shape index (κ2) is 9.07. The number of piperazine rings is 1. The second-order valence-electron chi connectivity index (χ2n) is 7.61. The van der Waals surface area contributed by atoms with E-state index in [1.807, 2.05) is 35.2 Å². The lowest BCUT2D eigenvalue weighted by Crippen LogP contribution is -2.48. The van der Waals surface area contributed by atoms with Crippen LogP contribution in [0.25, 0.3) is 6.08 Å². The number of hydrogen-bond donors (Lipinski definition) is 0. The van der Waals surface area contributed by atoms with E-state index in [1.54, 1.807) is 18.2 Å². The third-order valence-electron chi connectivity index (χ3n) is 5.58. The molecule has 2 aliphatic rings. The molecular formula is C21H26N4O4S2. The summed E-state index contributed by atoms with van der Waals surface area (Å²) >= 11 is 0. The molecule has 0 spiro atoms. The molecule has 0 unspecified atom stereocenters. The molecule has 2 saturated heterocycles. The van der Waals surface area contributed by atoms with Gasteiger partial charge >= 0.3 is 0 Å². The normalized spacial score (nSPS) is 19.3. The molecule has 0 aliphatic carbocycles. The molecule has 10 heteroatoms. The van der Waals surface area contributed by atoms with Gasteiger partial charge in [0.25, 0.3) is 0 Å². The van der Waals surface area contributed by atoms with E-state index in [2.05, 4.69) is 4.98 Å². The standard InChI is InChI=1S/C21H26N4O4S2/c26-30(27,17-10-19-6-2-1-3-7-19)24-15-13-23(14-16-24)21-9-8-20(18-22-21)31(28,29)25-11-4-5-12-25/h1-3,6-10,17-18H,4-5,11-16H2. The zero-order chi connectivity index (χ0) is 21.9. The molecule has 2 aromatic rings. The molecule has 0 bridgehead atoms. The highest BCUT2D eigenvalue weighted by Gasteiger charge is 2.29. The lowest BCUT2D eigenvalue weighted by Gasteiger charge is -2.34. The first kappa shape index (κ1) is 21.9. The Balaban J connectivity index is 1.38. The van der Waals surface area contributed by atoms with Gasteiger partial charge in [0.15, 0.2) is 0 Å². The van der Waals surface area contributed by atoms with Crippen LogP contribution in [-0.2, 0) is 20.0 Å². The maximum Gasteiger partial charge on any atom is 0.244 e. The van der Waals surface area contributed by atoms with Gasteiger partial charge in [-0.2, -0.15) is 8.61 Å². The summed E-state index contributed by atoms with van der Waals surface area (Å²) in [6, 6.07) is 12.6. The van der Waals surface area contributed by atoms with Gasteiger partial charge in [0.05, 0.1) is 0 Å². The van der Waals surface area contributed by atoms with E-state index in [1.165, 1.54) is 20.2 Å². The molecule has 166 valence electrons. The highest BCUT2D eigenvalue weighted by Crippen LogP contribution is 2.23. The summed E-state index contributed by atoms with van der Waals surface area (Å²) in [7, 11) is -6.99. The van der Waals surface area contributed by atoms with E-state index in [0.29, 0.717) is 45.1 Å². The quantitative estimate of drug-likeness (QED) is 0.652. The van der Waals surface area contributed by atoms with Gasteiger partial charge in [0, 0.05) is 50.9 Å². The number of rotatable bonds is 6. The molecule has 0 amide bonds. The first-order chi connectivity index (χ1) is 14.9. The smallest absolute Gasteiger partial charge is 0.244 e. The molecule has 1 aromatic heterocycles. The molecule has 0 radical (unpaired) electrons. The average molecular weight is 463 g/mol. The summed E-state index contributed by atoms with van der Waals surface area (Å²) in [5.41, 5.74) is 0.831. The second-order valence-corrected chi connectivity index (χ2v) is 11.4. The van der Waals surface area contributed by atoms with E-state index in [4.69, 9.17) is 0 Å². The summed E-state index contributed by atoms with van der Waals surface area (Å²) < 4.78 is 53.4. The van der Waals surface area contributed by atoms with Crippen LogP contribution in [0.3, 0.4) is 0 Å². The monoisotopic (exact) mass is 462 g/mol. The SMILES string of the molecule is O=S(=O)(C=Cc1ccccc1)N1CCN(c2ccc(S(=O)(=O)N3CCCC3)cn2)CC1. The minimum atomic E-state index is -3.50. The number of benzene rings is 1. The van der Waals surface area contributed by atoms with Crippen molar-refractivity contribution in [3.8, 4) is 0 Å². The van der Waals surface area contributed by atoms with Crippen LogP contribution in [0.4, 0.5) is 5.82 Å². The molecule has 31 heavy (non-hydrogen) atoms. The van der Waals surface area contributed by atoms with E-state index in [9.17, 15) is 16.8 Å². The van der Waals surface area contributed by atoms with Crippen LogP contribution in [-0.4, -0.2) is 69.7 Å². The van der Waals surface area contributed by atoms with E-state index >= 15 is 0 Å². The molecule has 3 heterocycles. The summed E-state index contributed by atoms with van der Waals surface area (Å²) in [6.45, 7) is 2.78. The average Bonchev–Trinajstić information content (AvgIpc) is 3.35. The Labute approximate surface area is 183 Å². The Morgan fingerprint density at radius 3 is 2.06 bits per heavy atom. The molecule has 0 atom stereocenters. The number of nitrogens with zero attached hydrogens (tertiary/aromatic N) is 4. The van der Waals surface area contributed by atoms with Gasteiger partial charge in [-0.25, -0.2) is 21.8 Å². The van der Waals surface area contributed by atoms with Gasteiger partial charge < -0.3 is 4.90 Å². The van der Waals surface area contributed by atoms with Crippen molar-refractivity contribution in [3.05, 3.63) is 59.6 Å². The van der Waals surface area contributed by atoms with E-state index in [-0.39, 0.29) is 4.90 Å². The van der Waals surface area contributed by atoms with Crippen molar-refractivity contribution in [2.24, 2.45) is 0 Å². The Bertz CT molecular complexity index is 1120. The predicted octanol–water partition coefficient (Wildman–Crippen LogP) is 1.99. The third-order valence-corrected chi connectivity index (χ3v) is 9.03. The fraction of sp³-hybridized carbons (Fsp3) is 0.381. The zero-order valence-electron chi connectivity index (χ0n) is 17.2. The Morgan fingerprint density at radius 1 is 0.774 bits per heavy atom. The number of pyridine rings is 1. The zero-order valence-corrected chi connectivity index (χ0v) is 18.8. The summed E-state index contributed by atoms with van der Waals surface area (Å²) in [5.74, 6) is 0.650. The highest BCUT2D eigenvalue weighted by atomic mass is 32.2. The molecule has 8 nitrogen and oxygen atoms in total. The first-order valence-electron chi connectivity index (χ1n) is 10.3. The van der Waals surface area contributed by atoms with Gasteiger partial charge in [0.1, 0.15) is 10.7 Å². The van der Waals surface area contributed by atoms with Crippen molar-refractivity contribution in [3.63, 3.8) is 0 Å². The number of hydrogen-bond acceptors (Lipinski definition) is 6. The minimum Gasteiger partial charge on any atom is -0.354 e. The van der Waals surface area contributed by atoms with Gasteiger partial charge in [-0.1, -0.05) is 30.3 Å². The Kier molecular flexibility index (Phi) is 6.42. The van der Waals surface area contributed by atoms with Crippen molar-refractivity contribution in [1.29, 1.82) is 0 Å². The molecule has 4 rings (SSSR count). The highest BCUT2D eigenvalue weighted by molar-refractivity contribution is 7.92. The minimum absolute atomic E-state index is 0.199. The first-order valence-corrected chi connectivity index (χ1v) is 13.2. The van der Waals surface area contributed by atoms with E-state index in [0.717, 1.165) is 18.4 Å². The topological polar surface area (TPSA) is 90.9 Å². The van der Waals surface area contributed by atoms with Gasteiger partial charge in [0.2, 0.25) is 20.0 Å². The Hall–Kier alpha value is -2.27. The Morgan fingerprint density at radius 2 is 1.45 bits per heavy atom. The lowest BCUT2D eigenvalue weighted by atomic mass is 10.2. The van der Waals surface area contributed by atoms with Crippen molar-refractivity contribution < 1.29 is 16.8 Å². The molecule has 2 fully saturated rings. The van der Waals surface area contributed by atoms with Gasteiger partial charge in [-0.15, -0.1) is 0 Å². The van der Waals surface area contributed by atoms with Crippen LogP contribution < -0.4 is 4.90 Å². The maximum absolute atomic E-state index is 12.6. The van der Waals surface area contributed by atoms with Crippen LogP contribution in [0.5, 0.6) is 0 Å². The van der Waals surface area contributed by atoms with Crippen molar-refractivity contribution in [1.82, 2.24) is 13.6 Å². The number of aromatic nitrogens is 1. The number of anilines is 1. The van der Waals surface area contributed by atoms with Gasteiger partial charge in [-0.3, -0.25) is 0 Å². The van der Waals surface area contributed by atoms with Gasteiger partial charge in [-0.05, 0) is 36.6 Å². The lowest BCUT2D eigenvalue weighted by molar-refractivity contribution is 0.389. The van der Waals surface area contributed by atoms with E-state index < -0.39 is 20.0 Å². The largest absolute Gasteiger partial charge is 0.354 e. The van der Waals surface area contributed by atoms with Crippen molar-refractivity contribution in [2.45, 2.75) is 17.7 Å². The summed E-state index contributed by atoms with van der Waals surface area (Å²) in [5, 5.41) is 1.24. The van der Waals surface area contributed by atoms with Crippen molar-refractivity contribution >= 4 is 31.9 Å². The van der Waals surface area contributed by atoms with Crippen LogP contribution in [0.15, 0.2) is 59.0 Å². The summed E-state index contributed by atoms with van der Waals surface area (Å²) in [4.78, 5) is 6.51. The van der Waals surface area contributed by atoms with Crippen LogP contribution in [0, 0.1) is 0 Å². The molecule has 0 saturated carbocycles. The third kappa shape index (κ3) is 4.98. The fourth-order valence-corrected chi connectivity index (χ4v) is 6.41. The molecule has 0 N–H and O–H groups in total. The maximum atomic E-state index is 12.6. The molecule has 1 aromatic carbocycles. The van der Waals surface area contributed by atoms with Crippen molar-refractivity contribution in [2.75, 3.05) is 44.2 Å². The molecule has 2 aliphatic heterocycles. The number of sulfonamides is 2. The predicted molar refractivity (Wildman–Crippen MR) is 120 cm³/mol. The van der Waals surface area contributed by atoms with Crippen LogP contribution in [0.1, 0.15) is 18.4 Å². The van der Waals surface area contributed by atoms with Crippen LogP contribution in [0.2, 0.25) is 0 Å².